The fourth-order valence-electron chi connectivity index (χ4n) is 2.87. The molecule has 0 saturated carbocycles. The lowest BCUT2D eigenvalue weighted by Gasteiger charge is -2.22. The molecule has 2 heterocycles. The second-order valence-electron chi connectivity index (χ2n) is 5.84. The summed E-state index contributed by atoms with van der Waals surface area (Å²) in [5.41, 5.74) is 3.51. The van der Waals surface area contributed by atoms with Crippen molar-refractivity contribution in [3.63, 3.8) is 0 Å². The van der Waals surface area contributed by atoms with Gasteiger partial charge in [-0.2, -0.15) is 0 Å². The molecule has 3 rings (SSSR count). The lowest BCUT2D eigenvalue weighted by atomic mass is 10.2. The molecule has 2 aromatic rings. The Morgan fingerprint density at radius 3 is 2.35 bits per heavy atom. The van der Waals surface area contributed by atoms with Crippen LogP contribution in [0.25, 0.3) is 0 Å². The number of benzene rings is 1. The van der Waals surface area contributed by atoms with Crippen molar-refractivity contribution in [2.45, 2.75) is 20.4 Å². The van der Waals surface area contributed by atoms with Gasteiger partial charge < -0.3 is 4.90 Å². The zero-order valence-electron chi connectivity index (χ0n) is 13.5. The summed E-state index contributed by atoms with van der Waals surface area (Å²) in [5, 5.41) is 0. The van der Waals surface area contributed by atoms with E-state index in [1.54, 1.807) is 0 Å². The normalized spacial score (nSPS) is 15.3. The highest BCUT2D eigenvalue weighted by molar-refractivity contribution is 7.92. The van der Waals surface area contributed by atoms with Crippen LogP contribution in [0.15, 0.2) is 30.3 Å². The van der Waals surface area contributed by atoms with Gasteiger partial charge in [0.25, 0.3) is 0 Å². The summed E-state index contributed by atoms with van der Waals surface area (Å²) in [5.74, 6) is 0.646. The van der Waals surface area contributed by atoms with E-state index in [0.29, 0.717) is 25.6 Å². The van der Waals surface area contributed by atoms with Crippen molar-refractivity contribution in [3.05, 3.63) is 47.3 Å². The lowest BCUT2D eigenvalue weighted by molar-refractivity contribution is 0.596. The fraction of sp³-hybridized carbons (Fsp3) is 0.375. The van der Waals surface area contributed by atoms with E-state index < -0.39 is 10.0 Å². The standard InChI is InChI=1S/C16H20N4O2S/c1-12-10-13(2)18-16(17-12)19-8-9-20(23(3,21)22)15-7-5-4-6-14(15)11-19/h4-7,10H,8-9,11H2,1-3H3. The third-order valence-electron chi connectivity index (χ3n) is 3.85. The first-order valence-corrected chi connectivity index (χ1v) is 9.32. The van der Waals surface area contributed by atoms with Gasteiger partial charge in [-0.3, -0.25) is 4.31 Å². The highest BCUT2D eigenvalue weighted by Gasteiger charge is 2.26. The number of sulfonamides is 1. The maximum atomic E-state index is 12.1. The van der Waals surface area contributed by atoms with E-state index in [-0.39, 0.29) is 0 Å². The topological polar surface area (TPSA) is 66.4 Å². The predicted octanol–water partition coefficient (Wildman–Crippen LogP) is 1.88. The molecule has 0 bridgehead atoms. The first kappa shape index (κ1) is 15.7. The second kappa shape index (κ2) is 5.81. The molecule has 122 valence electrons. The molecule has 0 amide bonds. The van der Waals surface area contributed by atoms with E-state index in [1.165, 1.54) is 10.6 Å². The van der Waals surface area contributed by atoms with Crippen molar-refractivity contribution in [1.29, 1.82) is 0 Å². The summed E-state index contributed by atoms with van der Waals surface area (Å²) in [6, 6.07) is 9.51. The number of rotatable bonds is 2. The van der Waals surface area contributed by atoms with Gasteiger partial charge in [-0.25, -0.2) is 18.4 Å². The van der Waals surface area contributed by atoms with Gasteiger partial charge in [0.15, 0.2) is 0 Å². The van der Waals surface area contributed by atoms with Crippen molar-refractivity contribution in [3.8, 4) is 0 Å². The van der Waals surface area contributed by atoms with Gasteiger partial charge >= 0.3 is 0 Å². The van der Waals surface area contributed by atoms with Crippen LogP contribution in [0.3, 0.4) is 0 Å². The lowest BCUT2D eigenvalue weighted by Crippen LogP contribution is -2.35. The van der Waals surface area contributed by atoms with Crippen molar-refractivity contribution in [2.75, 3.05) is 28.6 Å². The van der Waals surface area contributed by atoms with E-state index >= 15 is 0 Å². The van der Waals surface area contributed by atoms with Gasteiger partial charge in [-0.15, -0.1) is 0 Å². The molecule has 0 atom stereocenters. The Hall–Kier alpha value is -2.15. The van der Waals surface area contributed by atoms with Crippen molar-refractivity contribution < 1.29 is 8.42 Å². The van der Waals surface area contributed by atoms with Crippen LogP contribution in [0.5, 0.6) is 0 Å². The Labute approximate surface area is 136 Å². The number of fused-ring (bicyclic) bond motifs is 1. The second-order valence-corrected chi connectivity index (χ2v) is 7.74. The Morgan fingerprint density at radius 1 is 1.04 bits per heavy atom. The smallest absolute Gasteiger partial charge is 0.232 e. The van der Waals surface area contributed by atoms with E-state index in [9.17, 15) is 8.42 Å². The molecule has 7 heteroatoms. The summed E-state index contributed by atoms with van der Waals surface area (Å²) in [4.78, 5) is 11.0. The third-order valence-corrected chi connectivity index (χ3v) is 5.03. The van der Waals surface area contributed by atoms with E-state index in [1.807, 2.05) is 49.1 Å². The zero-order chi connectivity index (χ0) is 16.6. The molecule has 1 aliphatic heterocycles. The fourth-order valence-corrected chi connectivity index (χ4v) is 3.82. The number of hydrogen-bond acceptors (Lipinski definition) is 5. The third kappa shape index (κ3) is 3.29. The highest BCUT2D eigenvalue weighted by atomic mass is 32.2. The van der Waals surface area contributed by atoms with Crippen LogP contribution < -0.4 is 9.21 Å². The number of para-hydroxylation sites is 1. The average Bonchev–Trinajstić information content (AvgIpc) is 2.65. The minimum Gasteiger partial charge on any atom is -0.335 e. The summed E-state index contributed by atoms with van der Waals surface area (Å²) >= 11 is 0. The summed E-state index contributed by atoms with van der Waals surface area (Å²) in [6.45, 7) is 5.39. The number of nitrogens with zero attached hydrogens (tertiary/aromatic N) is 4. The largest absolute Gasteiger partial charge is 0.335 e. The first-order chi connectivity index (χ1) is 10.8. The minimum absolute atomic E-state index is 0.381. The van der Waals surface area contributed by atoms with Crippen molar-refractivity contribution in [1.82, 2.24) is 9.97 Å². The average molecular weight is 332 g/mol. The maximum Gasteiger partial charge on any atom is 0.232 e. The predicted molar refractivity (Wildman–Crippen MR) is 91.2 cm³/mol. The minimum atomic E-state index is -3.32. The molecule has 1 aromatic carbocycles. The van der Waals surface area contributed by atoms with Crippen molar-refractivity contribution in [2.24, 2.45) is 0 Å². The summed E-state index contributed by atoms with van der Waals surface area (Å²) < 4.78 is 25.7. The number of aromatic nitrogens is 2. The molecule has 0 aliphatic carbocycles. The Kier molecular flexibility index (Phi) is 3.97. The van der Waals surface area contributed by atoms with E-state index in [4.69, 9.17) is 0 Å². The SMILES string of the molecule is Cc1cc(C)nc(N2CCN(S(C)(=O)=O)c3ccccc3C2)n1. The number of hydrogen-bond donors (Lipinski definition) is 0. The zero-order valence-corrected chi connectivity index (χ0v) is 14.3. The van der Waals surface area contributed by atoms with Crippen LogP contribution in [-0.2, 0) is 16.6 Å². The first-order valence-electron chi connectivity index (χ1n) is 7.47. The van der Waals surface area contributed by atoms with E-state index in [0.717, 1.165) is 22.6 Å². The van der Waals surface area contributed by atoms with Gasteiger partial charge in [0, 0.05) is 24.5 Å². The molecule has 1 aliphatic rings. The van der Waals surface area contributed by atoms with Gasteiger partial charge in [-0.1, -0.05) is 18.2 Å². The summed E-state index contributed by atoms with van der Waals surface area (Å²) in [7, 11) is -3.32. The van der Waals surface area contributed by atoms with Gasteiger partial charge in [0.05, 0.1) is 18.5 Å². The molecule has 23 heavy (non-hydrogen) atoms. The molecule has 0 unspecified atom stereocenters. The van der Waals surface area contributed by atoms with Crippen LogP contribution in [-0.4, -0.2) is 37.7 Å². The van der Waals surface area contributed by atoms with E-state index in [2.05, 4.69) is 9.97 Å². The molecule has 0 N–H and O–H groups in total. The molecular weight excluding hydrogens is 312 g/mol. The Balaban J connectivity index is 2.03. The van der Waals surface area contributed by atoms with Gasteiger partial charge in [0.2, 0.25) is 16.0 Å². The molecular formula is C16H20N4O2S. The monoisotopic (exact) mass is 332 g/mol. The van der Waals surface area contributed by atoms with Crippen LogP contribution in [0.2, 0.25) is 0 Å². The Morgan fingerprint density at radius 2 is 1.70 bits per heavy atom. The number of aryl methyl sites for hydroxylation is 2. The molecule has 6 nitrogen and oxygen atoms in total. The van der Waals surface area contributed by atoms with Crippen LogP contribution in [0.1, 0.15) is 17.0 Å². The molecule has 1 aromatic heterocycles. The molecule has 0 radical (unpaired) electrons. The van der Waals surface area contributed by atoms with Crippen LogP contribution in [0, 0.1) is 13.8 Å². The van der Waals surface area contributed by atoms with Gasteiger partial charge in [-0.05, 0) is 31.5 Å². The van der Waals surface area contributed by atoms with Crippen molar-refractivity contribution >= 4 is 21.7 Å². The quantitative estimate of drug-likeness (QED) is 0.840. The highest BCUT2D eigenvalue weighted by Crippen LogP contribution is 2.28. The Bertz CT molecular complexity index is 815. The summed E-state index contributed by atoms with van der Waals surface area (Å²) in [6.07, 6.45) is 1.24. The molecule has 0 saturated heterocycles. The maximum absolute atomic E-state index is 12.1. The number of anilines is 2. The van der Waals surface area contributed by atoms with Crippen LogP contribution >= 0.6 is 0 Å². The van der Waals surface area contributed by atoms with Gasteiger partial charge in [0.1, 0.15) is 0 Å². The van der Waals surface area contributed by atoms with Crippen LogP contribution in [0.4, 0.5) is 11.6 Å². The molecule has 0 spiro atoms. The molecule has 0 fully saturated rings.